The van der Waals surface area contributed by atoms with Gasteiger partial charge in [-0.05, 0) is 49.2 Å². The second kappa shape index (κ2) is 8.78. The number of nitrogens with two attached hydrogens (primary N) is 1. The lowest BCUT2D eigenvalue weighted by Crippen LogP contribution is -2.49. The number of aromatic nitrogens is 3. The molecule has 4 rings (SSSR count). The van der Waals surface area contributed by atoms with Crippen molar-refractivity contribution in [3.05, 3.63) is 64.1 Å². The first-order valence-corrected chi connectivity index (χ1v) is 10.7. The Labute approximate surface area is 191 Å². The Morgan fingerprint density at radius 1 is 1.28 bits per heavy atom. The van der Waals surface area contributed by atoms with E-state index < -0.39 is 23.3 Å². The number of nitrogens with zero attached hydrogens (tertiary/aromatic N) is 3. The average molecular weight is 504 g/mol. The third-order valence-corrected chi connectivity index (χ3v) is 6.01. The Morgan fingerprint density at radius 3 is 2.69 bits per heavy atom. The molecule has 0 spiro atoms. The molecular weight excluding hydrogens is 484 g/mol. The number of carbonyl (C=O) groups excluding carboxylic acids is 1. The molecule has 1 aliphatic carbocycles. The maximum atomic E-state index is 14.3. The summed E-state index contributed by atoms with van der Waals surface area (Å²) in [6, 6.07) is 9.40. The van der Waals surface area contributed by atoms with Crippen molar-refractivity contribution in [3.63, 3.8) is 0 Å². The minimum absolute atomic E-state index is 0.102. The number of phenolic OH excluding ortho intramolecular Hbond substituents is 1. The standard InChI is InChI=1S/C22H20BrF2N5O2/c23-13-6-12(7-18(26)31)20(32)15(8-13)17-3-4-19(30-29-17)28-11-22(9-14(24)10-22)21-16(25)2-1-5-27-21/h1-6,8,14,32H,7,9-11H2,(H2,26,31)(H,28,30). The Bertz CT molecular complexity index is 1150. The molecule has 4 N–H and O–H groups in total. The molecule has 3 aromatic rings. The van der Waals surface area contributed by atoms with Gasteiger partial charge in [-0.3, -0.25) is 9.78 Å². The zero-order valence-corrected chi connectivity index (χ0v) is 18.4. The molecule has 7 nitrogen and oxygen atoms in total. The van der Waals surface area contributed by atoms with Gasteiger partial charge in [0.2, 0.25) is 5.91 Å². The van der Waals surface area contributed by atoms with Crippen molar-refractivity contribution in [3.8, 4) is 17.0 Å². The molecule has 0 radical (unpaired) electrons. The molecule has 0 atom stereocenters. The first kappa shape index (κ1) is 22.1. The fraction of sp³-hybridized carbons (Fsp3) is 0.273. The molecule has 166 valence electrons. The third kappa shape index (κ3) is 4.40. The number of nitrogens with one attached hydrogen (secondary N) is 1. The van der Waals surface area contributed by atoms with Crippen LogP contribution in [-0.2, 0) is 16.6 Å². The van der Waals surface area contributed by atoms with Crippen LogP contribution in [0.25, 0.3) is 11.3 Å². The molecule has 2 aromatic heterocycles. The van der Waals surface area contributed by atoms with E-state index in [4.69, 9.17) is 5.73 Å². The van der Waals surface area contributed by atoms with Crippen LogP contribution in [0.2, 0.25) is 0 Å². The van der Waals surface area contributed by atoms with Gasteiger partial charge in [0.1, 0.15) is 23.6 Å². The highest BCUT2D eigenvalue weighted by Crippen LogP contribution is 2.45. The first-order valence-electron chi connectivity index (χ1n) is 9.90. The fourth-order valence-electron chi connectivity index (χ4n) is 3.99. The number of phenols is 1. The van der Waals surface area contributed by atoms with E-state index in [1.165, 1.54) is 18.3 Å². The van der Waals surface area contributed by atoms with Gasteiger partial charge in [-0.15, -0.1) is 10.2 Å². The van der Waals surface area contributed by atoms with E-state index in [0.29, 0.717) is 27.1 Å². The lowest BCUT2D eigenvalue weighted by atomic mass is 9.65. The van der Waals surface area contributed by atoms with Crippen LogP contribution in [-0.4, -0.2) is 38.9 Å². The van der Waals surface area contributed by atoms with Crippen LogP contribution in [0.3, 0.4) is 0 Å². The molecular formula is C22H20BrF2N5O2. The van der Waals surface area contributed by atoms with E-state index >= 15 is 0 Å². The molecule has 0 saturated heterocycles. The van der Waals surface area contributed by atoms with E-state index in [9.17, 15) is 18.7 Å². The highest BCUT2D eigenvalue weighted by molar-refractivity contribution is 9.10. The number of anilines is 1. The summed E-state index contributed by atoms with van der Waals surface area (Å²) in [6.07, 6.45) is 0.729. The first-order chi connectivity index (χ1) is 15.3. The number of carbonyl (C=O) groups is 1. The number of pyridine rings is 1. The summed E-state index contributed by atoms with van der Waals surface area (Å²) >= 11 is 3.35. The van der Waals surface area contributed by atoms with Gasteiger partial charge < -0.3 is 16.2 Å². The van der Waals surface area contributed by atoms with Gasteiger partial charge in [0.25, 0.3) is 0 Å². The van der Waals surface area contributed by atoms with Crippen molar-refractivity contribution in [2.24, 2.45) is 5.73 Å². The van der Waals surface area contributed by atoms with Gasteiger partial charge in [-0.1, -0.05) is 15.9 Å². The fourth-order valence-corrected chi connectivity index (χ4v) is 4.49. The van der Waals surface area contributed by atoms with Crippen molar-refractivity contribution in [1.29, 1.82) is 0 Å². The van der Waals surface area contributed by atoms with Gasteiger partial charge >= 0.3 is 0 Å². The minimum Gasteiger partial charge on any atom is -0.507 e. The van der Waals surface area contributed by atoms with Crippen molar-refractivity contribution in [1.82, 2.24) is 15.2 Å². The van der Waals surface area contributed by atoms with E-state index in [-0.39, 0.29) is 37.3 Å². The number of hydrogen-bond donors (Lipinski definition) is 3. The number of alkyl halides is 1. The lowest BCUT2D eigenvalue weighted by Gasteiger charge is -2.44. The van der Waals surface area contributed by atoms with Crippen LogP contribution < -0.4 is 11.1 Å². The molecule has 1 amide bonds. The maximum Gasteiger partial charge on any atom is 0.221 e. The Balaban J connectivity index is 1.53. The van der Waals surface area contributed by atoms with Crippen LogP contribution in [0.5, 0.6) is 5.75 Å². The second-order valence-electron chi connectivity index (χ2n) is 7.88. The molecule has 10 heteroatoms. The number of aromatic hydroxyl groups is 1. The van der Waals surface area contributed by atoms with E-state index in [2.05, 4.69) is 36.4 Å². The quantitative estimate of drug-likeness (QED) is 0.453. The Hall–Kier alpha value is -3.14. The predicted octanol–water partition coefficient (Wildman–Crippen LogP) is 3.66. The molecule has 1 aliphatic rings. The summed E-state index contributed by atoms with van der Waals surface area (Å²) in [5, 5.41) is 21.9. The molecule has 2 heterocycles. The summed E-state index contributed by atoms with van der Waals surface area (Å²) < 4.78 is 28.6. The maximum absolute atomic E-state index is 14.3. The van der Waals surface area contributed by atoms with E-state index in [0.717, 1.165) is 0 Å². The van der Waals surface area contributed by atoms with Crippen molar-refractivity contribution < 1.29 is 18.7 Å². The Kier molecular flexibility index (Phi) is 6.05. The van der Waals surface area contributed by atoms with E-state index in [1.807, 2.05) is 0 Å². The lowest BCUT2D eigenvalue weighted by molar-refractivity contribution is -0.117. The third-order valence-electron chi connectivity index (χ3n) is 5.55. The highest BCUT2D eigenvalue weighted by atomic mass is 79.9. The molecule has 32 heavy (non-hydrogen) atoms. The number of benzene rings is 1. The van der Waals surface area contributed by atoms with Crippen molar-refractivity contribution in [2.45, 2.75) is 30.8 Å². The van der Waals surface area contributed by atoms with Gasteiger partial charge in [-0.2, -0.15) is 0 Å². The van der Waals surface area contributed by atoms with Crippen LogP contribution in [0.1, 0.15) is 24.1 Å². The topological polar surface area (TPSA) is 114 Å². The second-order valence-corrected chi connectivity index (χ2v) is 8.80. The smallest absolute Gasteiger partial charge is 0.221 e. The molecule has 1 saturated carbocycles. The number of rotatable bonds is 7. The molecule has 1 fully saturated rings. The number of hydrogen-bond acceptors (Lipinski definition) is 6. The molecule has 0 aliphatic heterocycles. The largest absolute Gasteiger partial charge is 0.507 e. The van der Waals surface area contributed by atoms with Crippen molar-refractivity contribution in [2.75, 3.05) is 11.9 Å². The minimum atomic E-state index is -0.999. The highest BCUT2D eigenvalue weighted by Gasteiger charge is 2.48. The predicted molar refractivity (Wildman–Crippen MR) is 118 cm³/mol. The van der Waals surface area contributed by atoms with Gasteiger partial charge in [0.05, 0.1) is 17.8 Å². The SMILES string of the molecule is NC(=O)Cc1cc(Br)cc(-c2ccc(NCC3(c4ncccc4F)CC(F)C3)nn2)c1O. The molecule has 0 unspecified atom stereocenters. The number of halogens is 3. The van der Waals surface area contributed by atoms with Gasteiger partial charge in [-0.25, -0.2) is 8.78 Å². The number of primary amides is 1. The van der Waals surface area contributed by atoms with Crippen LogP contribution in [0, 0.1) is 5.82 Å². The van der Waals surface area contributed by atoms with Crippen molar-refractivity contribution >= 4 is 27.7 Å². The summed E-state index contributed by atoms with van der Waals surface area (Å²) in [6.45, 7) is 0.250. The summed E-state index contributed by atoms with van der Waals surface area (Å²) in [5.74, 6) is -0.715. The van der Waals surface area contributed by atoms with Crippen LogP contribution in [0.15, 0.2) is 47.1 Å². The summed E-state index contributed by atoms with van der Waals surface area (Å²) in [5.41, 5.74) is 5.88. The average Bonchev–Trinajstić information content (AvgIpc) is 2.73. The zero-order valence-electron chi connectivity index (χ0n) is 16.9. The van der Waals surface area contributed by atoms with Crippen LogP contribution in [0.4, 0.5) is 14.6 Å². The summed E-state index contributed by atoms with van der Waals surface area (Å²) in [7, 11) is 0. The molecule has 1 aromatic carbocycles. The van der Waals surface area contributed by atoms with Crippen LogP contribution >= 0.6 is 15.9 Å². The van der Waals surface area contributed by atoms with Gasteiger partial charge in [0, 0.05) is 33.8 Å². The Morgan fingerprint density at radius 2 is 2.06 bits per heavy atom. The normalized spacial score (nSPS) is 19.9. The number of amides is 1. The molecule has 0 bridgehead atoms. The van der Waals surface area contributed by atoms with Gasteiger partial charge in [0.15, 0.2) is 0 Å². The summed E-state index contributed by atoms with van der Waals surface area (Å²) in [4.78, 5) is 15.4. The zero-order chi connectivity index (χ0) is 22.9. The van der Waals surface area contributed by atoms with E-state index in [1.54, 1.807) is 24.3 Å². The monoisotopic (exact) mass is 503 g/mol.